The van der Waals surface area contributed by atoms with Crippen LogP contribution in [0.1, 0.15) is 6.92 Å². The van der Waals surface area contributed by atoms with Gasteiger partial charge >= 0.3 is 0 Å². The summed E-state index contributed by atoms with van der Waals surface area (Å²) in [5.74, 6) is 0. The molecule has 0 aliphatic rings. The third-order valence-electron chi connectivity index (χ3n) is 2.02. The van der Waals surface area contributed by atoms with Gasteiger partial charge in [0.05, 0.1) is 6.61 Å². The van der Waals surface area contributed by atoms with Crippen LogP contribution < -0.4 is 10.6 Å². The molecule has 0 bridgehead atoms. The molecule has 0 aromatic heterocycles. The molecule has 0 saturated carbocycles. The number of hydrogen-bond donors (Lipinski definition) is 3. The van der Waals surface area contributed by atoms with Crippen molar-refractivity contribution < 1.29 is 10.2 Å². The van der Waals surface area contributed by atoms with Gasteiger partial charge in [0, 0.05) is 17.9 Å². The van der Waals surface area contributed by atoms with Gasteiger partial charge in [-0.15, -0.1) is 0 Å². The van der Waals surface area contributed by atoms with Crippen LogP contribution in [-0.4, -0.2) is 29.6 Å². The van der Waals surface area contributed by atoms with Gasteiger partial charge in [0.15, 0.2) is 0 Å². The van der Waals surface area contributed by atoms with Gasteiger partial charge in [-0.3, -0.25) is 0 Å². The first-order chi connectivity index (χ1) is 6.65. The highest BCUT2D eigenvalue weighted by Crippen LogP contribution is 2.17. The summed E-state index contributed by atoms with van der Waals surface area (Å²) in [6, 6.07) is 7.17. The molecule has 1 aromatic rings. The van der Waals surface area contributed by atoms with Crippen molar-refractivity contribution in [3.8, 4) is 0 Å². The van der Waals surface area contributed by atoms with Gasteiger partial charge in [0.2, 0.25) is 0 Å². The molecule has 0 fully saturated rings. The van der Waals surface area contributed by atoms with E-state index in [2.05, 4.69) is 0 Å². The summed E-state index contributed by atoms with van der Waals surface area (Å²) in [5, 5.41) is 18.3. The van der Waals surface area contributed by atoms with E-state index in [9.17, 15) is 5.11 Å². The van der Waals surface area contributed by atoms with E-state index in [4.69, 9.17) is 10.8 Å². The Morgan fingerprint density at radius 2 is 1.93 bits per heavy atom. The molecule has 0 aliphatic carbocycles. The molecule has 1 unspecified atom stereocenters. The maximum absolute atomic E-state index is 9.45. The Morgan fingerprint density at radius 1 is 1.36 bits per heavy atom. The molecule has 14 heavy (non-hydrogen) atoms. The van der Waals surface area contributed by atoms with Gasteiger partial charge in [-0.25, -0.2) is 0 Å². The third kappa shape index (κ3) is 2.61. The van der Waals surface area contributed by atoms with Crippen LogP contribution in [0.25, 0.3) is 0 Å². The molecule has 0 spiro atoms. The highest BCUT2D eigenvalue weighted by atomic mass is 16.3. The van der Waals surface area contributed by atoms with Crippen LogP contribution in [0.3, 0.4) is 0 Å². The highest BCUT2D eigenvalue weighted by Gasteiger charge is 2.10. The Balaban J connectivity index is 2.82. The predicted molar refractivity (Wildman–Crippen MR) is 57.0 cm³/mol. The Hall–Kier alpha value is -1.26. The van der Waals surface area contributed by atoms with E-state index in [1.807, 2.05) is 12.1 Å². The van der Waals surface area contributed by atoms with E-state index in [0.717, 1.165) is 5.69 Å². The monoisotopic (exact) mass is 196 g/mol. The Bertz CT molecular complexity index is 272. The number of anilines is 2. The first-order valence-corrected chi connectivity index (χ1v) is 4.56. The number of rotatable bonds is 4. The molecule has 0 amide bonds. The molecule has 0 heterocycles. The minimum atomic E-state index is -0.620. The molecular formula is C10H16N2O2. The number of nitrogens with two attached hydrogens (primary N) is 1. The van der Waals surface area contributed by atoms with Crippen molar-refractivity contribution in [1.82, 2.24) is 0 Å². The summed E-state index contributed by atoms with van der Waals surface area (Å²) in [6.45, 7) is 2.07. The lowest BCUT2D eigenvalue weighted by atomic mass is 10.2. The second-order valence-electron chi connectivity index (χ2n) is 3.14. The molecule has 0 radical (unpaired) electrons. The van der Waals surface area contributed by atoms with Crippen LogP contribution >= 0.6 is 0 Å². The van der Waals surface area contributed by atoms with Crippen LogP contribution in [0.5, 0.6) is 0 Å². The van der Waals surface area contributed by atoms with Crippen LogP contribution in [0.4, 0.5) is 11.4 Å². The van der Waals surface area contributed by atoms with Crippen molar-refractivity contribution in [2.45, 2.75) is 13.2 Å². The van der Waals surface area contributed by atoms with E-state index < -0.39 is 6.23 Å². The number of aliphatic hydroxyl groups excluding tert-OH is 2. The zero-order chi connectivity index (χ0) is 10.6. The minimum absolute atomic E-state index is 0.00920. The summed E-state index contributed by atoms with van der Waals surface area (Å²) >= 11 is 0. The SMILES string of the molecule is CC(O)N(CCO)c1ccc(N)cc1. The zero-order valence-electron chi connectivity index (χ0n) is 8.22. The predicted octanol–water partition coefficient (Wildman–Crippen LogP) is 0.406. The van der Waals surface area contributed by atoms with Crippen molar-refractivity contribution in [3.05, 3.63) is 24.3 Å². The van der Waals surface area contributed by atoms with Gasteiger partial charge in [0.1, 0.15) is 6.23 Å². The van der Waals surface area contributed by atoms with Crippen LogP contribution in [0, 0.1) is 0 Å². The average Bonchev–Trinajstić information content (AvgIpc) is 2.15. The quantitative estimate of drug-likeness (QED) is 0.482. The van der Waals surface area contributed by atoms with Crippen LogP contribution in [0.2, 0.25) is 0 Å². The Kier molecular flexibility index (Phi) is 3.73. The molecule has 1 atom stereocenters. The summed E-state index contributed by atoms with van der Waals surface area (Å²) < 4.78 is 0. The summed E-state index contributed by atoms with van der Waals surface area (Å²) in [7, 11) is 0. The van der Waals surface area contributed by atoms with Crippen molar-refractivity contribution in [2.24, 2.45) is 0 Å². The van der Waals surface area contributed by atoms with Gasteiger partial charge in [0.25, 0.3) is 0 Å². The number of hydrogen-bond acceptors (Lipinski definition) is 4. The minimum Gasteiger partial charge on any atom is -0.399 e. The molecule has 1 aromatic carbocycles. The van der Waals surface area contributed by atoms with Crippen molar-refractivity contribution >= 4 is 11.4 Å². The van der Waals surface area contributed by atoms with Gasteiger partial charge < -0.3 is 20.8 Å². The van der Waals surface area contributed by atoms with Crippen LogP contribution in [0.15, 0.2) is 24.3 Å². The van der Waals surface area contributed by atoms with Crippen molar-refractivity contribution in [3.63, 3.8) is 0 Å². The van der Waals surface area contributed by atoms with E-state index in [0.29, 0.717) is 12.2 Å². The lowest BCUT2D eigenvalue weighted by molar-refractivity contribution is 0.177. The first-order valence-electron chi connectivity index (χ1n) is 4.56. The molecule has 78 valence electrons. The second-order valence-corrected chi connectivity index (χ2v) is 3.14. The highest BCUT2D eigenvalue weighted by molar-refractivity contribution is 5.53. The van der Waals surface area contributed by atoms with E-state index in [1.54, 1.807) is 24.0 Å². The maximum atomic E-state index is 9.45. The zero-order valence-corrected chi connectivity index (χ0v) is 8.22. The topological polar surface area (TPSA) is 69.7 Å². The first kappa shape index (κ1) is 10.8. The lowest BCUT2D eigenvalue weighted by Crippen LogP contribution is -2.35. The van der Waals surface area contributed by atoms with Crippen molar-refractivity contribution in [1.29, 1.82) is 0 Å². The fraction of sp³-hybridized carbons (Fsp3) is 0.400. The van der Waals surface area contributed by atoms with Crippen LogP contribution in [-0.2, 0) is 0 Å². The van der Waals surface area contributed by atoms with Crippen molar-refractivity contribution in [2.75, 3.05) is 23.8 Å². The number of aliphatic hydroxyl groups is 2. The fourth-order valence-electron chi connectivity index (χ4n) is 1.31. The number of nitrogens with zero attached hydrogens (tertiary/aromatic N) is 1. The largest absolute Gasteiger partial charge is 0.399 e. The summed E-state index contributed by atoms with van der Waals surface area (Å²) in [5.41, 5.74) is 7.08. The standard InChI is InChI=1S/C10H16N2O2/c1-8(14)12(6-7-13)10-4-2-9(11)3-5-10/h2-5,8,13-14H,6-7,11H2,1H3. The molecular weight excluding hydrogens is 180 g/mol. The number of benzene rings is 1. The van der Waals surface area contributed by atoms with E-state index >= 15 is 0 Å². The Morgan fingerprint density at radius 3 is 2.36 bits per heavy atom. The van der Waals surface area contributed by atoms with Gasteiger partial charge in [-0.1, -0.05) is 0 Å². The second kappa shape index (κ2) is 4.83. The smallest absolute Gasteiger partial charge is 0.124 e. The lowest BCUT2D eigenvalue weighted by Gasteiger charge is -2.26. The molecule has 0 saturated heterocycles. The fourth-order valence-corrected chi connectivity index (χ4v) is 1.31. The molecule has 4 nitrogen and oxygen atoms in total. The molecule has 4 N–H and O–H groups in total. The van der Waals surface area contributed by atoms with E-state index in [-0.39, 0.29) is 6.61 Å². The van der Waals surface area contributed by atoms with Gasteiger partial charge in [-0.05, 0) is 31.2 Å². The third-order valence-corrected chi connectivity index (χ3v) is 2.02. The number of nitrogen functional groups attached to an aromatic ring is 1. The normalized spacial score (nSPS) is 12.5. The average molecular weight is 196 g/mol. The Labute approximate surface area is 83.6 Å². The maximum Gasteiger partial charge on any atom is 0.124 e. The molecule has 1 rings (SSSR count). The van der Waals surface area contributed by atoms with Gasteiger partial charge in [-0.2, -0.15) is 0 Å². The molecule has 4 heteroatoms. The molecule has 0 aliphatic heterocycles. The van der Waals surface area contributed by atoms with E-state index in [1.165, 1.54) is 0 Å². The summed E-state index contributed by atoms with van der Waals surface area (Å²) in [4.78, 5) is 1.69. The summed E-state index contributed by atoms with van der Waals surface area (Å²) in [6.07, 6.45) is -0.620.